The van der Waals surface area contributed by atoms with Gasteiger partial charge in [-0.15, -0.1) is 0 Å². The number of urea groups is 1. The number of nitrogens with zero attached hydrogens (tertiary/aromatic N) is 3. The summed E-state index contributed by atoms with van der Waals surface area (Å²) in [5.74, 6) is -8.97. The average Bonchev–Trinajstić information content (AvgIpc) is 3.16. The smallest absolute Gasteiger partial charge is 0.614 e. The van der Waals surface area contributed by atoms with E-state index in [1.54, 1.807) is 6.92 Å². The maximum atomic E-state index is 14.2. The third kappa shape index (κ3) is 6.70. The SMILES string of the molecule is CCN1CCN(C(=O)NC(C(=O)N[C@@]2(C(=O)[O-])N3C(=O)[C@@H](NC=O)[C@H]3[S+]([O-])C2(C)C)c2ccc(OC(C)=O)c(OC(C)=O)c2)C(=O)C1=O.[Na+]. The number of esters is 2. The number of benzene rings is 1. The average molecular weight is 715 g/mol. The van der Waals surface area contributed by atoms with Gasteiger partial charge in [0.25, 0.3) is 5.91 Å². The summed E-state index contributed by atoms with van der Waals surface area (Å²) in [6, 6.07) is -1.34. The Bertz CT molecular complexity index is 1620. The number of piperazine rings is 1. The number of aliphatic carboxylic acids is 1. The molecule has 0 radical (unpaired) electrons. The number of carboxylic acid groups (broad SMARTS) is 1. The molecule has 2 unspecified atom stereocenters. The Hall–Kier alpha value is -4.24. The first-order chi connectivity index (χ1) is 22.4. The molecule has 49 heavy (non-hydrogen) atoms. The van der Waals surface area contributed by atoms with Crippen LogP contribution in [0.2, 0.25) is 0 Å². The maximum Gasteiger partial charge on any atom is 1.00 e. The van der Waals surface area contributed by atoms with Crippen molar-refractivity contribution in [3.05, 3.63) is 23.8 Å². The standard InChI is InChI=1S/C28H32N6O13S.Na/c1-6-32-9-10-33(23(41)22(32)40)26(44)30-18(15-7-8-16(46-13(2)36)17(11-15)47-14(3)37)20(38)31-28(25(42)43)27(4,5)48(45)24-19(29-12-35)21(39)34(24)28;/h7-8,11-12,18-19,24H,6,9-10H2,1-5H3,(H,29,35)(H,30,44)(H,31,38)(H,42,43);/q;+1/p-1/t18?,19-,24-,28+,48?;/m1./s1. The summed E-state index contributed by atoms with van der Waals surface area (Å²) in [5.41, 5.74) is -3.04. The molecule has 1 aromatic carbocycles. The molecule has 3 fully saturated rings. The fourth-order valence-electron chi connectivity index (χ4n) is 5.71. The van der Waals surface area contributed by atoms with Gasteiger partial charge < -0.3 is 44.8 Å². The number of carboxylic acids is 1. The van der Waals surface area contributed by atoms with E-state index in [1.807, 2.05) is 0 Å². The van der Waals surface area contributed by atoms with Crippen molar-refractivity contribution in [2.75, 3.05) is 19.6 Å². The fraction of sp³-hybridized carbons (Fsp3) is 0.464. The molecule has 21 heteroatoms. The van der Waals surface area contributed by atoms with Crippen molar-refractivity contribution in [1.29, 1.82) is 0 Å². The number of hydrogen-bond donors (Lipinski definition) is 3. The van der Waals surface area contributed by atoms with E-state index in [9.17, 15) is 52.8 Å². The van der Waals surface area contributed by atoms with E-state index in [0.717, 1.165) is 32.0 Å². The maximum absolute atomic E-state index is 14.2. The van der Waals surface area contributed by atoms with Crippen molar-refractivity contribution in [3.8, 4) is 11.5 Å². The molecular formula is C28H31N6NaO13S. The van der Waals surface area contributed by atoms with Crippen molar-refractivity contribution in [2.45, 2.75) is 62.5 Å². The predicted molar refractivity (Wildman–Crippen MR) is 156 cm³/mol. The minimum Gasteiger partial charge on any atom is -0.614 e. The Balaban J connectivity index is 0.00000650. The van der Waals surface area contributed by atoms with Crippen LogP contribution in [-0.4, -0.2) is 115 Å². The molecule has 0 aliphatic carbocycles. The van der Waals surface area contributed by atoms with Gasteiger partial charge in [-0.25, -0.2) is 4.79 Å². The van der Waals surface area contributed by atoms with Crippen LogP contribution in [0.4, 0.5) is 4.79 Å². The number of fused-ring (bicyclic) bond motifs is 1. The number of β-lactam (4-membered cyclic amide) rings is 1. The Kier molecular flexibility index (Phi) is 11.8. The number of ether oxygens (including phenoxy) is 2. The zero-order chi connectivity index (χ0) is 35.9. The van der Waals surface area contributed by atoms with Crippen LogP contribution < -0.4 is 60.1 Å². The van der Waals surface area contributed by atoms with Crippen LogP contribution in [0.25, 0.3) is 0 Å². The van der Waals surface area contributed by atoms with Gasteiger partial charge in [0.05, 0.1) is 5.97 Å². The van der Waals surface area contributed by atoms with Crippen LogP contribution in [0.3, 0.4) is 0 Å². The van der Waals surface area contributed by atoms with E-state index in [2.05, 4.69) is 16.0 Å². The minimum atomic E-state index is -2.81. The van der Waals surface area contributed by atoms with Gasteiger partial charge in [0, 0.05) is 33.5 Å². The minimum absolute atomic E-state index is 0. The largest absolute Gasteiger partial charge is 1.00 e. The van der Waals surface area contributed by atoms with Crippen LogP contribution in [0.1, 0.15) is 46.2 Å². The van der Waals surface area contributed by atoms with E-state index in [-0.39, 0.29) is 66.9 Å². The molecule has 0 spiro atoms. The monoisotopic (exact) mass is 714 g/mol. The van der Waals surface area contributed by atoms with Crippen molar-refractivity contribution in [1.82, 2.24) is 30.7 Å². The number of carbonyl (C=O) groups excluding carboxylic acids is 9. The second kappa shape index (κ2) is 14.7. The topological polar surface area (TPSA) is 264 Å². The van der Waals surface area contributed by atoms with Crippen LogP contribution in [-0.2, 0) is 49.5 Å². The summed E-state index contributed by atoms with van der Waals surface area (Å²) < 4.78 is 21.7. The number of hydrogen-bond acceptors (Lipinski definition) is 13. The van der Waals surface area contributed by atoms with Crippen LogP contribution in [0, 0.1) is 0 Å². The first-order valence-corrected chi connectivity index (χ1v) is 15.5. The van der Waals surface area contributed by atoms with Gasteiger partial charge in [0.15, 0.2) is 22.3 Å². The molecule has 3 aliphatic heterocycles. The summed E-state index contributed by atoms with van der Waals surface area (Å²) in [4.78, 5) is 116. The molecule has 19 nitrogen and oxygen atoms in total. The third-order valence-electron chi connectivity index (χ3n) is 8.12. The van der Waals surface area contributed by atoms with E-state index in [0.29, 0.717) is 9.80 Å². The van der Waals surface area contributed by atoms with Crippen molar-refractivity contribution in [2.24, 2.45) is 0 Å². The van der Waals surface area contributed by atoms with Gasteiger partial charge in [0.1, 0.15) is 6.04 Å². The normalized spacial score (nSPS) is 24.4. The second-order valence-corrected chi connectivity index (χ2v) is 13.4. The van der Waals surface area contributed by atoms with E-state index in [1.165, 1.54) is 18.7 Å². The van der Waals surface area contributed by atoms with Crippen LogP contribution in [0.5, 0.6) is 11.5 Å². The number of imide groups is 1. The molecule has 4 rings (SSSR count). The first-order valence-electron chi connectivity index (χ1n) is 14.3. The Labute approximate surface area is 303 Å². The number of rotatable bonds is 10. The molecule has 3 heterocycles. The molecular weight excluding hydrogens is 683 g/mol. The summed E-state index contributed by atoms with van der Waals surface area (Å²) >= 11 is -2.22. The molecule has 3 N–H and O–H groups in total. The number of carbonyl (C=O) groups is 9. The molecule has 0 bridgehead atoms. The Morgan fingerprint density at radius 1 is 1.04 bits per heavy atom. The van der Waals surface area contributed by atoms with Gasteiger partial charge in [-0.05, 0) is 49.6 Å². The van der Waals surface area contributed by atoms with Gasteiger partial charge in [0.2, 0.25) is 23.4 Å². The zero-order valence-electron chi connectivity index (χ0n) is 27.2. The number of amides is 7. The summed E-state index contributed by atoms with van der Waals surface area (Å²) in [5, 5.41) is 18.1. The van der Waals surface area contributed by atoms with Crippen molar-refractivity contribution in [3.63, 3.8) is 0 Å². The summed E-state index contributed by atoms with van der Waals surface area (Å²) in [7, 11) is 0. The van der Waals surface area contributed by atoms with Gasteiger partial charge in [-0.2, -0.15) is 0 Å². The predicted octanol–water partition coefficient (Wildman–Crippen LogP) is -6.63. The molecule has 0 saturated carbocycles. The summed E-state index contributed by atoms with van der Waals surface area (Å²) in [6.07, 6.45) is 0.166. The molecule has 0 aromatic heterocycles. The van der Waals surface area contributed by atoms with E-state index >= 15 is 0 Å². The van der Waals surface area contributed by atoms with Crippen molar-refractivity contribution < 1.29 is 91.8 Å². The van der Waals surface area contributed by atoms with Crippen LogP contribution in [0.15, 0.2) is 18.2 Å². The van der Waals surface area contributed by atoms with E-state index in [4.69, 9.17) is 9.47 Å². The van der Waals surface area contributed by atoms with Gasteiger partial charge in [-0.1, -0.05) is 6.07 Å². The third-order valence-corrected chi connectivity index (χ3v) is 10.3. The fourth-order valence-corrected chi connectivity index (χ4v) is 7.73. The van der Waals surface area contributed by atoms with Crippen LogP contribution >= 0.6 is 0 Å². The second-order valence-electron chi connectivity index (χ2n) is 11.3. The first kappa shape index (κ1) is 39.2. The molecule has 7 amide bonds. The summed E-state index contributed by atoms with van der Waals surface area (Å²) in [6.45, 7) is 5.95. The van der Waals surface area contributed by atoms with Crippen molar-refractivity contribution >= 4 is 65.2 Å². The van der Waals surface area contributed by atoms with Gasteiger partial charge in [-0.3, -0.25) is 43.4 Å². The molecule has 5 atom stereocenters. The zero-order valence-corrected chi connectivity index (χ0v) is 30.0. The molecule has 3 aliphatic rings. The number of nitrogens with one attached hydrogen (secondary N) is 3. The molecule has 258 valence electrons. The van der Waals surface area contributed by atoms with E-state index < -0.39 is 92.4 Å². The molecule has 3 saturated heterocycles. The Morgan fingerprint density at radius 3 is 2.20 bits per heavy atom. The van der Waals surface area contributed by atoms with Gasteiger partial charge >= 0.3 is 59.3 Å². The quantitative estimate of drug-likeness (QED) is 0.0388. The Morgan fingerprint density at radius 2 is 1.65 bits per heavy atom. The molecule has 1 aromatic rings. The number of likely N-dealkylation sites (N-methyl/N-ethyl adjacent to an activating group) is 1.